The molecule has 3 nitrogen and oxygen atoms in total. The van der Waals surface area contributed by atoms with E-state index in [1.807, 2.05) is 4.90 Å². The monoisotopic (exact) mass is 199 g/mol. The molecule has 1 amide bonds. The minimum Gasteiger partial charge on any atom is -0.453 e. The summed E-state index contributed by atoms with van der Waals surface area (Å²) < 4.78 is 4.75. The van der Waals surface area contributed by atoms with Gasteiger partial charge in [0.15, 0.2) is 0 Å². The van der Waals surface area contributed by atoms with E-state index in [1.54, 1.807) is 0 Å². The number of ether oxygens (including phenoxy) is 1. The summed E-state index contributed by atoms with van der Waals surface area (Å²) in [7, 11) is 1.45. The van der Waals surface area contributed by atoms with Crippen LogP contribution in [0.5, 0.6) is 0 Å². The Bertz CT molecular complexity index is 203. The molecule has 0 aliphatic carbocycles. The zero-order chi connectivity index (χ0) is 10.7. The van der Waals surface area contributed by atoms with Crippen molar-refractivity contribution in [2.75, 3.05) is 20.2 Å². The summed E-state index contributed by atoms with van der Waals surface area (Å²) in [6.45, 7) is 8.34. The van der Waals surface area contributed by atoms with Gasteiger partial charge in [-0.15, -0.1) is 0 Å². The fraction of sp³-hybridized carbons (Fsp3) is 0.909. The van der Waals surface area contributed by atoms with E-state index < -0.39 is 0 Å². The van der Waals surface area contributed by atoms with Crippen LogP contribution in [0.1, 0.15) is 27.2 Å². The third-order valence-electron chi connectivity index (χ3n) is 3.07. The van der Waals surface area contributed by atoms with Gasteiger partial charge in [0.1, 0.15) is 0 Å². The van der Waals surface area contributed by atoms with Crippen LogP contribution < -0.4 is 0 Å². The van der Waals surface area contributed by atoms with Crippen LogP contribution in [0.15, 0.2) is 0 Å². The zero-order valence-electron chi connectivity index (χ0n) is 9.62. The van der Waals surface area contributed by atoms with Gasteiger partial charge in [0.2, 0.25) is 0 Å². The number of amides is 1. The molecule has 2 atom stereocenters. The second-order valence-electron chi connectivity index (χ2n) is 4.72. The number of likely N-dealkylation sites (tertiary alicyclic amines) is 1. The number of nitrogens with zero attached hydrogens (tertiary/aromatic N) is 1. The first-order valence-corrected chi connectivity index (χ1v) is 5.37. The summed E-state index contributed by atoms with van der Waals surface area (Å²) in [5, 5.41) is 0. The molecule has 0 saturated carbocycles. The highest BCUT2D eigenvalue weighted by Gasteiger charge is 2.29. The minimum atomic E-state index is -0.179. The SMILES string of the molecule is COC(=O)N1CC(C)CC(C(C)C)C1. The van der Waals surface area contributed by atoms with Gasteiger partial charge in [0.05, 0.1) is 7.11 Å². The van der Waals surface area contributed by atoms with Crippen LogP contribution in [0.3, 0.4) is 0 Å². The molecule has 1 saturated heterocycles. The van der Waals surface area contributed by atoms with Crippen molar-refractivity contribution in [2.45, 2.75) is 27.2 Å². The van der Waals surface area contributed by atoms with Gasteiger partial charge >= 0.3 is 6.09 Å². The lowest BCUT2D eigenvalue weighted by atomic mass is 9.83. The van der Waals surface area contributed by atoms with E-state index in [1.165, 1.54) is 13.5 Å². The summed E-state index contributed by atoms with van der Waals surface area (Å²) in [4.78, 5) is 13.2. The molecule has 82 valence electrons. The molecule has 0 aromatic heterocycles. The summed E-state index contributed by atoms with van der Waals surface area (Å²) in [5.74, 6) is 1.86. The molecule has 0 aromatic rings. The molecule has 14 heavy (non-hydrogen) atoms. The fourth-order valence-corrected chi connectivity index (χ4v) is 2.16. The third-order valence-corrected chi connectivity index (χ3v) is 3.07. The smallest absolute Gasteiger partial charge is 0.409 e. The molecule has 0 spiro atoms. The van der Waals surface area contributed by atoms with Crippen LogP contribution >= 0.6 is 0 Å². The van der Waals surface area contributed by atoms with E-state index in [-0.39, 0.29) is 6.09 Å². The molecule has 1 fully saturated rings. The van der Waals surface area contributed by atoms with Crippen molar-refractivity contribution in [3.05, 3.63) is 0 Å². The average Bonchev–Trinajstić information content (AvgIpc) is 2.15. The van der Waals surface area contributed by atoms with E-state index in [0.717, 1.165) is 13.1 Å². The topological polar surface area (TPSA) is 29.5 Å². The summed E-state index contributed by atoms with van der Waals surface area (Å²) in [5.41, 5.74) is 0. The molecule has 0 radical (unpaired) electrons. The normalized spacial score (nSPS) is 27.9. The van der Waals surface area contributed by atoms with E-state index in [9.17, 15) is 4.79 Å². The number of hydrogen-bond donors (Lipinski definition) is 0. The van der Waals surface area contributed by atoms with Crippen molar-refractivity contribution in [3.63, 3.8) is 0 Å². The van der Waals surface area contributed by atoms with Crippen molar-refractivity contribution in [3.8, 4) is 0 Å². The molecule has 0 bridgehead atoms. The van der Waals surface area contributed by atoms with Gasteiger partial charge < -0.3 is 9.64 Å². The molecule has 0 aromatic carbocycles. The predicted octanol–water partition coefficient (Wildman–Crippen LogP) is 2.37. The van der Waals surface area contributed by atoms with Gasteiger partial charge in [-0.05, 0) is 24.2 Å². The maximum Gasteiger partial charge on any atom is 0.409 e. The molecule has 1 rings (SSSR count). The van der Waals surface area contributed by atoms with Gasteiger partial charge in [-0.2, -0.15) is 0 Å². The Labute approximate surface area is 86.4 Å². The molecule has 1 aliphatic heterocycles. The number of hydrogen-bond acceptors (Lipinski definition) is 2. The van der Waals surface area contributed by atoms with Gasteiger partial charge in [-0.1, -0.05) is 20.8 Å². The molecule has 1 heterocycles. The molecule has 2 unspecified atom stereocenters. The van der Waals surface area contributed by atoms with Crippen LogP contribution in [0, 0.1) is 17.8 Å². The minimum absolute atomic E-state index is 0.179. The van der Waals surface area contributed by atoms with Crippen molar-refractivity contribution < 1.29 is 9.53 Å². The van der Waals surface area contributed by atoms with E-state index in [2.05, 4.69) is 20.8 Å². The predicted molar refractivity (Wildman–Crippen MR) is 56.1 cm³/mol. The second-order valence-corrected chi connectivity index (χ2v) is 4.72. The van der Waals surface area contributed by atoms with Crippen LogP contribution in [0.4, 0.5) is 4.79 Å². The largest absolute Gasteiger partial charge is 0.453 e. The molecule has 3 heteroatoms. The maximum absolute atomic E-state index is 11.4. The lowest BCUT2D eigenvalue weighted by Crippen LogP contribution is -2.44. The van der Waals surface area contributed by atoms with E-state index in [0.29, 0.717) is 17.8 Å². The van der Waals surface area contributed by atoms with Crippen LogP contribution in [0.2, 0.25) is 0 Å². The number of carbonyl (C=O) groups excluding carboxylic acids is 1. The van der Waals surface area contributed by atoms with Gasteiger partial charge in [0.25, 0.3) is 0 Å². The lowest BCUT2D eigenvalue weighted by Gasteiger charge is -2.37. The highest BCUT2D eigenvalue weighted by molar-refractivity contribution is 5.67. The van der Waals surface area contributed by atoms with Gasteiger partial charge in [0, 0.05) is 13.1 Å². The Hall–Kier alpha value is -0.730. The molecular weight excluding hydrogens is 178 g/mol. The molecule has 1 aliphatic rings. The highest BCUT2D eigenvalue weighted by atomic mass is 16.5. The van der Waals surface area contributed by atoms with Crippen LogP contribution in [-0.2, 0) is 4.74 Å². The van der Waals surface area contributed by atoms with Crippen molar-refractivity contribution >= 4 is 6.09 Å². The number of carbonyl (C=O) groups is 1. The Morgan fingerprint density at radius 3 is 2.57 bits per heavy atom. The highest BCUT2D eigenvalue weighted by Crippen LogP contribution is 2.27. The van der Waals surface area contributed by atoms with Gasteiger partial charge in [-0.3, -0.25) is 0 Å². The maximum atomic E-state index is 11.4. The second kappa shape index (κ2) is 4.67. The first-order chi connectivity index (χ1) is 6.54. The lowest BCUT2D eigenvalue weighted by molar-refractivity contribution is 0.0764. The first kappa shape index (κ1) is 11.3. The summed E-state index contributed by atoms with van der Waals surface area (Å²) >= 11 is 0. The summed E-state index contributed by atoms with van der Waals surface area (Å²) in [6, 6.07) is 0. The Balaban J connectivity index is 2.58. The number of piperidine rings is 1. The Kier molecular flexibility index (Phi) is 3.78. The van der Waals surface area contributed by atoms with E-state index in [4.69, 9.17) is 4.74 Å². The molecular formula is C11H21NO2. The summed E-state index contributed by atoms with van der Waals surface area (Å²) in [6.07, 6.45) is 1.05. The quantitative estimate of drug-likeness (QED) is 0.649. The Morgan fingerprint density at radius 2 is 2.07 bits per heavy atom. The molecule has 0 N–H and O–H groups in total. The van der Waals surface area contributed by atoms with Crippen molar-refractivity contribution in [1.29, 1.82) is 0 Å². The third kappa shape index (κ3) is 2.63. The zero-order valence-corrected chi connectivity index (χ0v) is 9.62. The van der Waals surface area contributed by atoms with Crippen LogP contribution in [-0.4, -0.2) is 31.2 Å². The van der Waals surface area contributed by atoms with Crippen molar-refractivity contribution in [2.24, 2.45) is 17.8 Å². The number of methoxy groups -OCH3 is 1. The van der Waals surface area contributed by atoms with Crippen LogP contribution in [0.25, 0.3) is 0 Å². The first-order valence-electron chi connectivity index (χ1n) is 5.37. The fourth-order valence-electron chi connectivity index (χ4n) is 2.16. The standard InChI is InChI=1S/C11H21NO2/c1-8(2)10-5-9(3)6-12(7-10)11(13)14-4/h8-10H,5-7H2,1-4H3. The van der Waals surface area contributed by atoms with Gasteiger partial charge in [-0.25, -0.2) is 4.79 Å². The van der Waals surface area contributed by atoms with E-state index >= 15 is 0 Å². The van der Waals surface area contributed by atoms with Crippen molar-refractivity contribution in [1.82, 2.24) is 4.90 Å². The number of rotatable bonds is 1. The Morgan fingerprint density at radius 1 is 1.43 bits per heavy atom. The average molecular weight is 199 g/mol.